The van der Waals surface area contributed by atoms with E-state index in [1.165, 1.54) is 0 Å². The summed E-state index contributed by atoms with van der Waals surface area (Å²) >= 11 is 0. The summed E-state index contributed by atoms with van der Waals surface area (Å²) in [6, 6.07) is 13.1. The number of ether oxygens (including phenoxy) is 2. The van der Waals surface area contributed by atoms with Crippen LogP contribution in [0.25, 0.3) is 0 Å². The fourth-order valence-electron chi connectivity index (χ4n) is 1.69. The van der Waals surface area contributed by atoms with E-state index in [2.05, 4.69) is 0 Å². The average molecular weight is 258 g/mol. The van der Waals surface area contributed by atoms with Crippen molar-refractivity contribution in [2.24, 2.45) is 0 Å². The standard InChI is InChI=1S/C15H18N2O2/c1-11-5-4-8-14(15(11)17)19-10-9-18-13-7-3-2-6-12(13)16/h2-8H,9-10,16-17H2,1H3. The minimum absolute atomic E-state index is 0.418. The van der Waals surface area contributed by atoms with E-state index >= 15 is 0 Å². The molecule has 0 atom stereocenters. The highest BCUT2D eigenvalue weighted by Gasteiger charge is 2.03. The molecule has 2 aromatic rings. The lowest BCUT2D eigenvalue weighted by Crippen LogP contribution is -2.11. The number of rotatable bonds is 5. The fourth-order valence-corrected chi connectivity index (χ4v) is 1.69. The Morgan fingerprint density at radius 1 is 0.842 bits per heavy atom. The molecule has 0 aliphatic rings. The molecule has 0 unspecified atom stereocenters. The van der Waals surface area contributed by atoms with Crippen LogP contribution in [0.4, 0.5) is 11.4 Å². The number of para-hydroxylation sites is 3. The van der Waals surface area contributed by atoms with Crippen LogP contribution in [0, 0.1) is 6.92 Å². The zero-order valence-electron chi connectivity index (χ0n) is 10.9. The Balaban J connectivity index is 1.84. The van der Waals surface area contributed by atoms with Crippen molar-refractivity contribution in [2.75, 3.05) is 24.7 Å². The van der Waals surface area contributed by atoms with Crippen molar-refractivity contribution in [2.45, 2.75) is 6.92 Å². The molecule has 0 spiro atoms. The molecule has 4 N–H and O–H groups in total. The zero-order valence-corrected chi connectivity index (χ0v) is 10.9. The van der Waals surface area contributed by atoms with Crippen molar-refractivity contribution >= 4 is 11.4 Å². The minimum atomic E-state index is 0.418. The monoisotopic (exact) mass is 258 g/mol. The average Bonchev–Trinajstić information content (AvgIpc) is 2.41. The first-order chi connectivity index (χ1) is 9.18. The molecule has 0 heterocycles. The Bertz CT molecular complexity index is 556. The van der Waals surface area contributed by atoms with Gasteiger partial charge in [-0.3, -0.25) is 0 Å². The van der Waals surface area contributed by atoms with Crippen molar-refractivity contribution in [1.29, 1.82) is 0 Å². The van der Waals surface area contributed by atoms with Crippen LogP contribution in [-0.4, -0.2) is 13.2 Å². The quantitative estimate of drug-likeness (QED) is 0.639. The summed E-state index contributed by atoms with van der Waals surface area (Å²) in [6.45, 7) is 2.78. The van der Waals surface area contributed by atoms with E-state index in [4.69, 9.17) is 20.9 Å². The van der Waals surface area contributed by atoms with Crippen molar-refractivity contribution in [3.8, 4) is 11.5 Å². The van der Waals surface area contributed by atoms with Gasteiger partial charge in [0.1, 0.15) is 24.7 Å². The first-order valence-electron chi connectivity index (χ1n) is 6.13. The predicted octanol–water partition coefficient (Wildman–Crippen LogP) is 2.62. The maximum Gasteiger partial charge on any atom is 0.142 e. The van der Waals surface area contributed by atoms with E-state index < -0.39 is 0 Å². The lowest BCUT2D eigenvalue weighted by atomic mass is 10.2. The number of anilines is 2. The highest BCUT2D eigenvalue weighted by molar-refractivity contribution is 5.57. The highest BCUT2D eigenvalue weighted by Crippen LogP contribution is 2.24. The van der Waals surface area contributed by atoms with Gasteiger partial charge in [-0.2, -0.15) is 0 Å². The van der Waals surface area contributed by atoms with E-state index in [0.29, 0.717) is 36.1 Å². The van der Waals surface area contributed by atoms with Gasteiger partial charge in [0, 0.05) is 0 Å². The Labute approximate surface area is 112 Å². The van der Waals surface area contributed by atoms with Gasteiger partial charge in [-0.05, 0) is 30.7 Å². The molecule has 0 bridgehead atoms. The number of nitrogen functional groups attached to an aromatic ring is 2. The fraction of sp³-hybridized carbons (Fsp3) is 0.200. The maximum absolute atomic E-state index is 5.91. The van der Waals surface area contributed by atoms with Crippen LogP contribution in [0.3, 0.4) is 0 Å². The molecule has 0 fully saturated rings. The molecule has 0 aliphatic carbocycles. The normalized spacial score (nSPS) is 10.2. The number of hydrogen-bond donors (Lipinski definition) is 2. The van der Waals surface area contributed by atoms with Gasteiger partial charge in [-0.25, -0.2) is 0 Å². The summed E-state index contributed by atoms with van der Waals surface area (Å²) in [5.41, 5.74) is 14.0. The van der Waals surface area contributed by atoms with Gasteiger partial charge in [0.15, 0.2) is 0 Å². The summed E-state index contributed by atoms with van der Waals surface area (Å²) in [5, 5.41) is 0. The Hall–Kier alpha value is -2.36. The minimum Gasteiger partial charge on any atom is -0.488 e. The third kappa shape index (κ3) is 3.31. The van der Waals surface area contributed by atoms with Gasteiger partial charge < -0.3 is 20.9 Å². The van der Waals surface area contributed by atoms with Gasteiger partial charge in [0.05, 0.1) is 11.4 Å². The molecule has 2 aromatic carbocycles. The van der Waals surface area contributed by atoms with Crippen LogP contribution >= 0.6 is 0 Å². The molecule has 4 nitrogen and oxygen atoms in total. The maximum atomic E-state index is 5.91. The Kier molecular flexibility index (Phi) is 4.13. The number of nitrogens with two attached hydrogens (primary N) is 2. The van der Waals surface area contributed by atoms with Gasteiger partial charge in [-0.15, -0.1) is 0 Å². The number of hydrogen-bond acceptors (Lipinski definition) is 4. The van der Waals surface area contributed by atoms with Crippen LogP contribution < -0.4 is 20.9 Å². The molecule has 4 heteroatoms. The third-order valence-corrected chi connectivity index (χ3v) is 2.80. The topological polar surface area (TPSA) is 70.5 Å². The van der Waals surface area contributed by atoms with E-state index in [1.807, 2.05) is 43.3 Å². The molecule has 100 valence electrons. The molecule has 19 heavy (non-hydrogen) atoms. The SMILES string of the molecule is Cc1cccc(OCCOc2ccccc2N)c1N. The van der Waals surface area contributed by atoms with Gasteiger partial charge in [0.25, 0.3) is 0 Å². The molecule has 0 saturated carbocycles. The molecule has 0 radical (unpaired) electrons. The summed E-state index contributed by atoms with van der Waals surface area (Å²) in [6.07, 6.45) is 0. The lowest BCUT2D eigenvalue weighted by molar-refractivity contribution is 0.218. The molecule has 2 rings (SSSR count). The van der Waals surface area contributed by atoms with E-state index in [-0.39, 0.29) is 0 Å². The first kappa shape index (κ1) is 13.1. The van der Waals surface area contributed by atoms with Crippen molar-refractivity contribution in [1.82, 2.24) is 0 Å². The number of aryl methyl sites for hydroxylation is 1. The summed E-state index contributed by atoms with van der Waals surface area (Å²) in [4.78, 5) is 0. The Morgan fingerprint density at radius 2 is 1.47 bits per heavy atom. The second-order valence-electron chi connectivity index (χ2n) is 4.22. The van der Waals surface area contributed by atoms with Crippen LogP contribution in [0.15, 0.2) is 42.5 Å². The van der Waals surface area contributed by atoms with Gasteiger partial charge in [0.2, 0.25) is 0 Å². The lowest BCUT2D eigenvalue weighted by Gasteiger charge is -2.12. The third-order valence-electron chi connectivity index (χ3n) is 2.80. The highest BCUT2D eigenvalue weighted by atomic mass is 16.5. The molecule has 0 aromatic heterocycles. The van der Waals surface area contributed by atoms with Crippen molar-refractivity contribution < 1.29 is 9.47 Å². The van der Waals surface area contributed by atoms with Crippen molar-refractivity contribution in [3.05, 3.63) is 48.0 Å². The van der Waals surface area contributed by atoms with E-state index in [1.54, 1.807) is 6.07 Å². The molecule has 0 saturated heterocycles. The first-order valence-corrected chi connectivity index (χ1v) is 6.13. The Morgan fingerprint density at radius 3 is 2.21 bits per heavy atom. The molecule has 0 amide bonds. The van der Waals surface area contributed by atoms with Crippen LogP contribution in [0.5, 0.6) is 11.5 Å². The second-order valence-corrected chi connectivity index (χ2v) is 4.22. The van der Waals surface area contributed by atoms with Crippen LogP contribution in [-0.2, 0) is 0 Å². The molecule has 0 aliphatic heterocycles. The van der Waals surface area contributed by atoms with Crippen LogP contribution in [0.2, 0.25) is 0 Å². The van der Waals surface area contributed by atoms with Crippen LogP contribution in [0.1, 0.15) is 5.56 Å². The summed E-state index contributed by atoms with van der Waals surface area (Å²) in [5.74, 6) is 1.35. The molecular weight excluding hydrogens is 240 g/mol. The van der Waals surface area contributed by atoms with E-state index in [0.717, 1.165) is 5.56 Å². The molecular formula is C15H18N2O2. The smallest absolute Gasteiger partial charge is 0.142 e. The number of benzene rings is 2. The summed E-state index contributed by atoms with van der Waals surface area (Å²) in [7, 11) is 0. The largest absolute Gasteiger partial charge is 0.488 e. The predicted molar refractivity (Wildman–Crippen MR) is 77.4 cm³/mol. The second kappa shape index (κ2) is 6.00. The van der Waals surface area contributed by atoms with Crippen molar-refractivity contribution in [3.63, 3.8) is 0 Å². The van der Waals surface area contributed by atoms with Gasteiger partial charge >= 0.3 is 0 Å². The summed E-state index contributed by atoms with van der Waals surface area (Å²) < 4.78 is 11.1. The van der Waals surface area contributed by atoms with Gasteiger partial charge in [-0.1, -0.05) is 24.3 Å². The zero-order chi connectivity index (χ0) is 13.7. The van der Waals surface area contributed by atoms with E-state index in [9.17, 15) is 0 Å².